The fourth-order valence-corrected chi connectivity index (χ4v) is 2.66. The van der Waals surface area contributed by atoms with Gasteiger partial charge in [-0.3, -0.25) is 4.79 Å². The molecule has 0 aromatic heterocycles. The molecule has 0 saturated carbocycles. The Morgan fingerprint density at radius 3 is 3.06 bits per heavy atom. The third-order valence-corrected chi connectivity index (χ3v) is 3.58. The lowest BCUT2D eigenvalue weighted by molar-refractivity contribution is -0.134. The van der Waals surface area contributed by atoms with E-state index in [9.17, 15) is 4.79 Å². The van der Waals surface area contributed by atoms with Gasteiger partial charge in [-0.2, -0.15) is 0 Å². The molecule has 1 unspecified atom stereocenters. The molecule has 0 radical (unpaired) electrons. The largest absolute Gasteiger partial charge is 0.426 e. The predicted octanol–water partition coefficient (Wildman–Crippen LogP) is 2.80. The fourth-order valence-electron chi connectivity index (χ4n) is 2.66. The zero-order valence-corrected chi connectivity index (χ0v) is 10.8. The minimum atomic E-state index is -0.187. The number of rotatable bonds is 4. The fraction of sp³-hybridized carbons (Fsp3) is 0.533. The Morgan fingerprint density at radius 1 is 1.50 bits per heavy atom. The number of aliphatic hydroxyl groups excluding tert-OH is 1. The first-order chi connectivity index (χ1) is 8.76. The van der Waals surface area contributed by atoms with Crippen molar-refractivity contribution in [3.05, 3.63) is 29.3 Å². The SMILES string of the molecule is CCC(=O)Oc1cccc2c1CCCC2CCO. The summed E-state index contributed by atoms with van der Waals surface area (Å²) in [5, 5.41) is 9.11. The molecule has 3 nitrogen and oxygen atoms in total. The van der Waals surface area contributed by atoms with Crippen LogP contribution in [-0.4, -0.2) is 17.7 Å². The lowest BCUT2D eigenvalue weighted by Gasteiger charge is -2.26. The predicted molar refractivity (Wildman–Crippen MR) is 69.7 cm³/mol. The maximum atomic E-state index is 11.4. The summed E-state index contributed by atoms with van der Waals surface area (Å²) >= 11 is 0. The molecule has 1 atom stereocenters. The zero-order valence-electron chi connectivity index (χ0n) is 10.8. The van der Waals surface area contributed by atoms with Gasteiger partial charge < -0.3 is 9.84 Å². The molecule has 0 amide bonds. The summed E-state index contributed by atoms with van der Waals surface area (Å²) in [6.45, 7) is 2.01. The van der Waals surface area contributed by atoms with Crippen LogP contribution >= 0.6 is 0 Å². The highest BCUT2D eigenvalue weighted by molar-refractivity contribution is 5.72. The molecule has 0 bridgehead atoms. The van der Waals surface area contributed by atoms with E-state index < -0.39 is 0 Å². The maximum absolute atomic E-state index is 11.4. The standard InChI is InChI=1S/C15H20O3/c1-2-15(17)18-14-8-4-6-12-11(9-10-16)5-3-7-13(12)14/h4,6,8,11,16H,2-3,5,7,9-10H2,1H3. The third kappa shape index (κ3) is 2.72. The molecule has 1 aromatic carbocycles. The average molecular weight is 248 g/mol. The second kappa shape index (κ2) is 6.01. The lowest BCUT2D eigenvalue weighted by Crippen LogP contribution is -2.14. The Labute approximate surface area is 108 Å². The van der Waals surface area contributed by atoms with Crippen molar-refractivity contribution in [2.75, 3.05) is 6.61 Å². The van der Waals surface area contributed by atoms with Crippen molar-refractivity contribution in [2.24, 2.45) is 0 Å². The first kappa shape index (κ1) is 13.1. The van der Waals surface area contributed by atoms with Gasteiger partial charge in [-0.25, -0.2) is 0 Å². The van der Waals surface area contributed by atoms with E-state index >= 15 is 0 Å². The average Bonchev–Trinajstić information content (AvgIpc) is 2.40. The molecule has 0 heterocycles. The highest BCUT2D eigenvalue weighted by Crippen LogP contribution is 2.38. The summed E-state index contributed by atoms with van der Waals surface area (Å²) in [5.74, 6) is 0.925. The van der Waals surface area contributed by atoms with Gasteiger partial charge in [0.25, 0.3) is 0 Å². The molecule has 0 saturated heterocycles. The molecule has 1 aromatic rings. The number of carbonyl (C=O) groups excluding carboxylic acids is 1. The molecule has 18 heavy (non-hydrogen) atoms. The summed E-state index contributed by atoms with van der Waals surface area (Å²) in [6, 6.07) is 5.90. The number of ether oxygens (including phenoxy) is 1. The number of hydrogen-bond acceptors (Lipinski definition) is 3. The van der Waals surface area contributed by atoms with Gasteiger partial charge in [0, 0.05) is 13.0 Å². The van der Waals surface area contributed by atoms with Crippen LogP contribution in [0.4, 0.5) is 0 Å². The molecular weight excluding hydrogens is 228 g/mol. The van der Waals surface area contributed by atoms with E-state index in [4.69, 9.17) is 9.84 Å². The van der Waals surface area contributed by atoms with Gasteiger partial charge in [-0.1, -0.05) is 19.1 Å². The van der Waals surface area contributed by atoms with Crippen LogP contribution in [0.15, 0.2) is 18.2 Å². The Bertz CT molecular complexity index is 426. The van der Waals surface area contributed by atoms with E-state index in [2.05, 4.69) is 6.07 Å². The normalized spacial score (nSPS) is 18.2. The van der Waals surface area contributed by atoms with Crippen molar-refractivity contribution in [3.8, 4) is 5.75 Å². The smallest absolute Gasteiger partial charge is 0.310 e. The van der Waals surface area contributed by atoms with Crippen LogP contribution < -0.4 is 4.74 Å². The Kier molecular flexibility index (Phi) is 4.37. The second-order valence-corrected chi connectivity index (χ2v) is 4.75. The van der Waals surface area contributed by atoms with Crippen LogP contribution in [0.3, 0.4) is 0 Å². The minimum Gasteiger partial charge on any atom is -0.426 e. The van der Waals surface area contributed by atoms with Crippen molar-refractivity contribution >= 4 is 5.97 Å². The molecule has 1 aliphatic rings. The first-order valence-corrected chi connectivity index (χ1v) is 6.69. The molecular formula is C15H20O3. The lowest BCUT2D eigenvalue weighted by atomic mass is 9.81. The topological polar surface area (TPSA) is 46.5 Å². The van der Waals surface area contributed by atoms with Crippen molar-refractivity contribution in [2.45, 2.75) is 44.9 Å². The number of benzene rings is 1. The van der Waals surface area contributed by atoms with Gasteiger partial charge in [-0.05, 0) is 48.8 Å². The molecule has 0 aliphatic heterocycles. The molecule has 1 N–H and O–H groups in total. The number of esters is 1. The molecule has 1 aliphatic carbocycles. The van der Waals surface area contributed by atoms with Crippen molar-refractivity contribution in [3.63, 3.8) is 0 Å². The Morgan fingerprint density at radius 2 is 2.33 bits per heavy atom. The summed E-state index contributed by atoms with van der Waals surface area (Å²) in [4.78, 5) is 11.4. The Hall–Kier alpha value is -1.35. The van der Waals surface area contributed by atoms with E-state index in [0.717, 1.165) is 31.2 Å². The summed E-state index contributed by atoms with van der Waals surface area (Å²) in [6.07, 6.45) is 4.35. The van der Waals surface area contributed by atoms with Gasteiger partial charge >= 0.3 is 5.97 Å². The van der Waals surface area contributed by atoms with Gasteiger partial charge in [0.15, 0.2) is 0 Å². The molecule has 3 heteroatoms. The van der Waals surface area contributed by atoms with Crippen LogP contribution in [0.5, 0.6) is 5.75 Å². The van der Waals surface area contributed by atoms with E-state index in [-0.39, 0.29) is 12.6 Å². The monoisotopic (exact) mass is 248 g/mol. The molecule has 98 valence electrons. The molecule has 0 fully saturated rings. The third-order valence-electron chi connectivity index (χ3n) is 3.58. The quantitative estimate of drug-likeness (QED) is 0.658. The Balaban J connectivity index is 2.28. The van der Waals surface area contributed by atoms with Crippen LogP contribution in [0.25, 0.3) is 0 Å². The van der Waals surface area contributed by atoms with Crippen molar-refractivity contribution in [1.82, 2.24) is 0 Å². The van der Waals surface area contributed by atoms with Crippen molar-refractivity contribution in [1.29, 1.82) is 0 Å². The van der Waals surface area contributed by atoms with Crippen LogP contribution in [-0.2, 0) is 11.2 Å². The van der Waals surface area contributed by atoms with Gasteiger partial charge in [0.1, 0.15) is 5.75 Å². The van der Waals surface area contributed by atoms with Gasteiger partial charge in [-0.15, -0.1) is 0 Å². The minimum absolute atomic E-state index is 0.187. The van der Waals surface area contributed by atoms with Crippen LogP contribution in [0, 0.1) is 0 Å². The van der Waals surface area contributed by atoms with Crippen molar-refractivity contribution < 1.29 is 14.6 Å². The number of aliphatic hydroxyl groups is 1. The van der Waals surface area contributed by atoms with E-state index in [1.54, 1.807) is 6.92 Å². The summed E-state index contributed by atoms with van der Waals surface area (Å²) in [5.41, 5.74) is 2.40. The number of hydrogen-bond donors (Lipinski definition) is 1. The summed E-state index contributed by atoms with van der Waals surface area (Å²) in [7, 11) is 0. The summed E-state index contributed by atoms with van der Waals surface area (Å²) < 4.78 is 5.39. The maximum Gasteiger partial charge on any atom is 0.310 e. The first-order valence-electron chi connectivity index (χ1n) is 6.69. The number of fused-ring (bicyclic) bond motifs is 1. The van der Waals surface area contributed by atoms with Gasteiger partial charge in [0.05, 0.1) is 0 Å². The van der Waals surface area contributed by atoms with E-state index in [0.29, 0.717) is 18.1 Å². The number of carbonyl (C=O) groups is 1. The molecule has 2 rings (SSSR count). The molecule has 0 spiro atoms. The van der Waals surface area contributed by atoms with Crippen LogP contribution in [0.1, 0.15) is 49.7 Å². The van der Waals surface area contributed by atoms with E-state index in [1.165, 1.54) is 5.56 Å². The highest BCUT2D eigenvalue weighted by Gasteiger charge is 2.23. The van der Waals surface area contributed by atoms with E-state index in [1.807, 2.05) is 12.1 Å². The zero-order chi connectivity index (χ0) is 13.0. The van der Waals surface area contributed by atoms with Gasteiger partial charge in [0.2, 0.25) is 0 Å². The van der Waals surface area contributed by atoms with Crippen LogP contribution in [0.2, 0.25) is 0 Å². The second-order valence-electron chi connectivity index (χ2n) is 4.75. The highest BCUT2D eigenvalue weighted by atomic mass is 16.5.